The van der Waals surface area contributed by atoms with E-state index in [1.54, 1.807) is 11.9 Å². The van der Waals surface area contributed by atoms with E-state index in [4.69, 9.17) is 0 Å². The van der Waals surface area contributed by atoms with Crippen molar-refractivity contribution in [2.24, 2.45) is 0 Å². The molecule has 0 aromatic heterocycles. The minimum atomic E-state index is 1.02. The van der Waals surface area contributed by atoms with Crippen LogP contribution in [0.5, 0.6) is 0 Å². The molecule has 0 fully saturated rings. The summed E-state index contributed by atoms with van der Waals surface area (Å²) in [6.07, 6.45) is 1.02. The van der Waals surface area contributed by atoms with E-state index in [0.29, 0.717) is 0 Å². The third-order valence-electron chi connectivity index (χ3n) is 2.64. The van der Waals surface area contributed by atoms with Gasteiger partial charge in [-0.05, 0) is 35.2 Å². The molecule has 1 aliphatic heterocycles. The van der Waals surface area contributed by atoms with Crippen LogP contribution in [0.3, 0.4) is 0 Å². The van der Waals surface area contributed by atoms with Crippen molar-refractivity contribution in [1.29, 1.82) is 0 Å². The highest BCUT2D eigenvalue weighted by molar-refractivity contribution is 8.00. The summed E-state index contributed by atoms with van der Waals surface area (Å²) in [5.41, 5.74) is 4.01. The number of rotatable bonds is 0. The summed E-state index contributed by atoms with van der Waals surface area (Å²) in [5.74, 6) is 0. The number of anilines is 1. The fourth-order valence-corrected chi connectivity index (χ4v) is 2.68. The second-order valence-corrected chi connectivity index (χ2v) is 4.49. The van der Waals surface area contributed by atoms with Crippen molar-refractivity contribution in [2.75, 3.05) is 4.72 Å². The summed E-state index contributed by atoms with van der Waals surface area (Å²) in [6, 6.07) is 17.0. The molecule has 1 aliphatic rings. The first-order valence-electron chi connectivity index (χ1n) is 5.02. The van der Waals surface area contributed by atoms with Gasteiger partial charge in [0.2, 0.25) is 0 Å². The topological polar surface area (TPSA) is 12.0 Å². The molecule has 74 valence electrons. The molecule has 0 aliphatic carbocycles. The third kappa shape index (κ3) is 1.61. The Bertz CT molecular complexity index is 448. The lowest BCUT2D eigenvalue weighted by atomic mass is 10.0. The Morgan fingerprint density at radius 1 is 0.867 bits per heavy atom. The van der Waals surface area contributed by atoms with Crippen LogP contribution in [0, 0.1) is 0 Å². The van der Waals surface area contributed by atoms with Gasteiger partial charge >= 0.3 is 0 Å². The normalized spacial score (nSPS) is 13.3. The Morgan fingerprint density at radius 2 is 1.60 bits per heavy atom. The lowest BCUT2D eigenvalue weighted by Crippen LogP contribution is -1.89. The van der Waals surface area contributed by atoms with Crippen LogP contribution in [0.2, 0.25) is 0 Å². The number of hydrogen-bond acceptors (Lipinski definition) is 2. The molecule has 2 aromatic rings. The van der Waals surface area contributed by atoms with E-state index in [2.05, 4.69) is 53.3 Å². The molecule has 1 N–H and O–H groups in total. The zero-order chi connectivity index (χ0) is 10.1. The molecular weight excluding hydrogens is 202 g/mol. The fraction of sp³-hybridized carbons (Fsp3) is 0.0769. The Balaban J connectivity index is 2.10. The van der Waals surface area contributed by atoms with E-state index in [1.165, 1.54) is 21.7 Å². The van der Waals surface area contributed by atoms with Crippen LogP contribution in [0.1, 0.15) is 11.1 Å². The van der Waals surface area contributed by atoms with Gasteiger partial charge in [0.1, 0.15) is 0 Å². The lowest BCUT2D eigenvalue weighted by molar-refractivity contribution is 1.14. The minimum Gasteiger partial charge on any atom is -0.325 e. The Labute approximate surface area is 93.7 Å². The first-order valence-corrected chi connectivity index (χ1v) is 5.84. The Morgan fingerprint density at radius 3 is 2.53 bits per heavy atom. The van der Waals surface area contributed by atoms with Crippen molar-refractivity contribution in [3.05, 3.63) is 59.7 Å². The molecule has 2 aromatic carbocycles. The molecule has 0 radical (unpaired) electrons. The molecule has 0 spiro atoms. The maximum atomic E-state index is 3.40. The maximum Gasteiger partial charge on any atom is 0.0478 e. The van der Waals surface area contributed by atoms with E-state index in [9.17, 15) is 0 Å². The SMILES string of the molecule is c1ccc2c(c1)Cc1ccccc1SN2. The van der Waals surface area contributed by atoms with Gasteiger partial charge in [-0.1, -0.05) is 36.4 Å². The summed E-state index contributed by atoms with van der Waals surface area (Å²) in [7, 11) is 0. The molecule has 0 unspecified atom stereocenters. The molecule has 1 heterocycles. The predicted molar refractivity (Wildman–Crippen MR) is 65.2 cm³/mol. The fourth-order valence-electron chi connectivity index (χ4n) is 1.84. The van der Waals surface area contributed by atoms with Crippen LogP contribution in [-0.2, 0) is 6.42 Å². The first-order chi connectivity index (χ1) is 7.43. The molecule has 0 saturated carbocycles. The number of para-hydroxylation sites is 1. The van der Waals surface area contributed by atoms with Crippen molar-refractivity contribution in [3.63, 3.8) is 0 Å². The zero-order valence-corrected chi connectivity index (χ0v) is 9.05. The van der Waals surface area contributed by atoms with Crippen LogP contribution < -0.4 is 4.72 Å². The smallest absolute Gasteiger partial charge is 0.0478 e. The van der Waals surface area contributed by atoms with Crippen LogP contribution >= 0.6 is 11.9 Å². The van der Waals surface area contributed by atoms with E-state index >= 15 is 0 Å². The van der Waals surface area contributed by atoms with Crippen LogP contribution in [-0.4, -0.2) is 0 Å². The van der Waals surface area contributed by atoms with Crippen molar-refractivity contribution >= 4 is 17.6 Å². The third-order valence-corrected chi connectivity index (χ3v) is 3.58. The van der Waals surface area contributed by atoms with Crippen molar-refractivity contribution in [1.82, 2.24) is 0 Å². The number of fused-ring (bicyclic) bond motifs is 2. The molecular formula is C13H11NS. The summed E-state index contributed by atoms with van der Waals surface area (Å²) in [4.78, 5) is 1.33. The highest BCUT2D eigenvalue weighted by Gasteiger charge is 2.11. The zero-order valence-electron chi connectivity index (χ0n) is 8.23. The summed E-state index contributed by atoms with van der Waals surface area (Å²) >= 11 is 1.70. The second kappa shape index (κ2) is 3.63. The standard InChI is InChI=1S/C13H11NS/c1-3-7-12-10(5-1)9-11-6-2-4-8-13(11)15-14-12/h1-8,14H,9H2. The lowest BCUT2D eigenvalue weighted by Gasteiger charge is -2.04. The highest BCUT2D eigenvalue weighted by atomic mass is 32.2. The number of nitrogens with one attached hydrogen (secondary N) is 1. The molecule has 0 atom stereocenters. The second-order valence-electron chi connectivity index (χ2n) is 3.65. The van der Waals surface area contributed by atoms with E-state index in [-0.39, 0.29) is 0 Å². The highest BCUT2D eigenvalue weighted by Crippen LogP contribution is 2.32. The average molecular weight is 213 g/mol. The van der Waals surface area contributed by atoms with Crippen molar-refractivity contribution < 1.29 is 0 Å². The average Bonchev–Trinajstić information content (AvgIpc) is 2.48. The molecule has 0 amide bonds. The molecule has 1 nitrogen and oxygen atoms in total. The van der Waals surface area contributed by atoms with Crippen LogP contribution in [0.15, 0.2) is 53.4 Å². The summed E-state index contributed by atoms with van der Waals surface area (Å²) < 4.78 is 3.40. The van der Waals surface area contributed by atoms with Crippen LogP contribution in [0.25, 0.3) is 0 Å². The van der Waals surface area contributed by atoms with Gasteiger partial charge in [-0.3, -0.25) is 0 Å². The monoisotopic (exact) mass is 213 g/mol. The first kappa shape index (κ1) is 8.86. The minimum absolute atomic E-state index is 1.02. The number of benzene rings is 2. The van der Waals surface area contributed by atoms with E-state index < -0.39 is 0 Å². The Hall–Kier alpha value is -1.41. The van der Waals surface area contributed by atoms with Crippen molar-refractivity contribution in [3.8, 4) is 0 Å². The Kier molecular flexibility index (Phi) is 2.14. The molecule has 0 saturated heterocycles. The van der Waals surface area contributed by atoms with Crippen molar-refractivity contribution in [2.45, 2.75) is 11.3 Å². The summed E-state index contributed by atoms with van der Waals surface area (Å²) in [5, 5.41) is 0. The van der Waals surface area contributed by atoms with Gasteiger partial charge in [-0.2, -0.15) is 0 Å². The molecule has 15 heavy (non-hydrogen) atoms. The van der Waals surface area contributed by atoms with Gasteiger partial charge in [-0.15, -0.1) is 0 Å². The predicted octanol–water partition coefficient (Wildman–Crippen LogP) is 3.71. The van der Waals surface area contributed by atoms with Gasteiger partial charge in [0.05, 0.1) is 0 Å². The van der Waals surface area contributed by atoms with Gasteiger partial charge in [0.25, 0.3) is 0 Å². The van der Waals surface area contributed by atoms with E-state index in [1.807, 2.05) is 0 Å². The number of hydrogen-bond donors (Lipinski definition) is 1. The van der Waals surface area contributed by atoms with Crippen LogP contribution in [0.4, 0.5) is 5.69 Å². The quantitative estimate of drug-likeness (QED) is 0.669. The van der Waals surface area contributed by atoms with Gasteiger partial charge < -0.3 is 4.72 Å². The molecule has 2 heteroatoms. The molecule has 3 rings (SSSR count). The van der Waals surface area contributed by atoms with E-state index in [0.717, 1.165) is 6.42 Å². The van der Waals surface area contributed by atoms with Gasteiger partial charge in [0.15, 0.2) is 0 Å². The largest absolute Gasteiger partial charge is 0.325 e. The van der Waals surface area contributed by atoms with Gasteiger partial charge in [-0.25, -0.2) is 0 Å². The summed E-state index contributed by atoms with van der Waals surface area (Å²) in [6.45, 7) is 0. The molecule has 0 bridgehead atoms. The maximum absolute atomic E-state index is 3.40. The van der Waals surface area contributed by atoms with Gasteiger partial charge in [0, 0.05) is 17.0 Å².